The summed E-state index contributed by atoms with van der Waals surface area (Å²) >= 11 is 0. The minimum Gasteiger partial charge on any atom is -0.293 e. The molecule has 1 aliphatic heterocycles. The maximum Gasteiger partial charge on any atom is 0.246 e. The van der Waals surface area contributed by atoms with Crippen molar-refractivity contribution in [3.63, 3.8) is 0 Å². The van der Waals surface area contributed by atoms with Crippen molar-refractivity contribution in [1.82, 2.24) is 29.4 Å². The van der Waals surface area contributed by atoms with Crippen LogP contribution in [0.25, 0.3) is 5.69 Å². The molecule has 1 fully saturated rings. The molecule has 0 atom stereocenters. The van der Waals surface area contributed by atoms with Crippen LogP contribution < -0.4 is 0 Å². The first-order valence-electron chi connectivity index (χ1n) is 8.95. The summed E-state index contributed by atoms with van der Waals surface area (Å²) in [7, 11) is -4.11. The van der Waals surface area contributed by atoms with E-state index in [9.17, 15) is 17.2 Å². The molecule has 0 N–H and O–H groups in total. The summed E-state index contributed by atoms with van der Waals surface area (Å²) in [6.45, 7) is 1.58. The zero-order chi connectivity index (χ0) is 20.4. The van der Waals surface area contributed by atoms with Gasteiger partial charge in [0.2, 0.25) is 10.0 Å². The first-order valence-corrected chi connectivity index (χ1v) is 10.4. The van der Waals surface area contributed by atoms with Crippen molar-refractivity contribution < 1.29 is 17.2 Å². The zero-order valence-electron chi connectivity index (χ0n) is 15.3. The highest BCUT2D eigenvalue weighted by Gasteiger charge is 2.31. The number of rotatable bonds is 5. The largest absolute Gasteiger partial charge is 0.293 e. The molecule has 0 spiro atoms. The minimum atomic E-state index is -4.11. The fourth-order valence-electron chi connectivity index (χ4n) is 3.22. The van der Waals surface area contributed by atoms with Crippen LogP contribution in [0.4, 0.5) is 8.78 Å². The van der Waals surface area contributed by atoms with E-state index in [0.29, 0.717) is 31.5 Å². The smallest absolute Gasteiger partial charge is 0.246 e. The van der Waals surface area contributed by atoms with Gasteiger partial charge in [0.05, 0.1) is 12.2 Å². The molecule has 8 nitrogen and oxygen atoms in total. The predicted octanol–water partition coefficient (Wildman–Crippen LogP) is 1.45. The summed E-state index contributed by atoms with van der Waals surface area (Å²) < 4.78 is 55.5. The van der Waals surface area contributed by atoms with Gasteiger partial charge in [-0.15, -0.1) is 5.10 Å². The summed E-state index contributed by atoms with van der Waals surface area (Å²) in [5.41, 5.74) is 0.829. The van der Waals surface area contributed by atoms with Crippen molar-refractivity contribution in [1.29, 1.82) is 0 Å². The number of tetrazole rings is 1. The molecule has 4 rings (SSSR count). The average Bonchev–Trinajstić information content (AvgIpc) is 3.19. The van der Waals surface area contributed by atoms with Crippen molar-refractivity contribution in [2.75, 3.05) is 26.2 Å². The molecule has 0 aliphatic carbocycles. The molecule has 1 aliphatic rings. The molecular weight excluding hydrogens is 402 g/mol. The number of nitrogens with zero attached hydrogens (tertiary/aromatic N) is 6. The Morgan fingerprint density at radius 3 is 2.41 bits per heavy atom. The van der Waals surface area contributed by atoms with Crippen LogP contribution in [0.15, 0.2) is 53.4 Å². The van der Waals surface area contributed by atoms with E-state index in [0.717, 1.165) is 17.8 Å². The summed E-state index contributed by atoms with van der Waals surface area (Å²) in [4.78, 5) is 1.37. The van der Waals surface area contributed by atoms with E-state index < -0.39 is 26.6 Å². The van der Waals surface area contributed by atoms with E-state index in [2.05, 4.69) is 15.5 Å². The molecule has 1 saturated heterocycles. The van der Waals surface area contributed by atoms with Crippen molar-refractivity contribution in [2.45, 2.75) is 11.4 Å². The molecular formula is C18H18F2N6O2S. The molecule has 2 aromatic carbocycles. The van der Waals surface area contributed by atoms with Gasteiger partial charge in [-0.05, 0) is 40.8 Å². The van der Waals surface area contributed by atoms with Gasteiger partial charge < -0.3 is 0 Å². The SMILES string of the molecule is O=S(=O)(c1cc(F)ccc1F)N1CCN(Cc2nnnn2-c2ccccc2)CC1. The lowest BCUT2D eigenvalue weighted by Crippen LogP contribution is -2.48. The monoisotopic (exact) mass is 420 g/mol. The number of para-hydroxylation sites is 1. The van der Waals surface area contributed by atoms with E-state index in [-0.39, 0.29) is 13.1 Å². The normalized spacial score (nSPS) is 16.2. The molecule has 0 saturated carbocycles. The van der Waals surface area contributed by atoms with E-state index >= 15 is 0 Å². The number of benzene rings is 2. The summed E-state index contributed by atoms with van der Waals surface area (Å²) in [5.74, 6) is -1.13. The third kappa shape index (κ3) is 4.02. The fourth-order valence-corrected chi connectivity index (χ4v) is 4.71. The molecule has 0 radical (unpaired) electrons. The topological polar surface area (TPSA) is 84.2 Å². The summed E-state index contributed by atoms with van der Waals surface area (Å²) in [6.07, 6.45) is 0. The van der Waals surface area contributed by atoms with E-state index in [1.54, 1.807) is 4.68 Å². The van der Waals surface area contributed by atoms with Crippen molar-refractivity contribution in [3.8, 4) is 5.69 Å². The van der Waals surface area contributed by atoms with Crippen LogP contribution in [0, 0.1) is 11.6 Å². The molecule has 29 heavy (non-hydrogen) atoms. The van der Waals surface area contributed by atoms with Gasteiger partial charge in [0, 0.05) is 26.2 Å². The van der Waals surface area contributed by atoms with E-state index in [4.69, 9.17) is 0 Å². The van der Waals surface area contributed by atoms with Crippen molar-refractivity contribution >= 4 is 10.0 Å². The maximum absolute atomic E-state index is 13.9. The van der Waals surface area contributed by atoms with E-state index in [1.165, 1.54) is 4.31 Å². The molecule has 0 bridgehead atoms. The number of piperazine rings is 1. The van der Waals surface area contributed by atoms with Crippen molar-refractivity contribution in [2.24, 2.45) is 0 Å². The molecule has 0 unspecified atom stereocenters. The molecule has 152 valence electrons. The number of sulfonamides is 1. The Morgan fingerprint density at radius 2 is 1.69 bits per heavy atom. The van der Waals surface area contributed by atoms with Crippen LogP contribution in [0.1, 0.15) is 5.82 Å². The Labute approximate surface area is 166 Å². The Morgan fingerprint density at radius 1 is 0.966 bits per heavy atom. The van der Waals surface area contributed by atoms with Crippen LogP contribution >= 0.6 is 0 Å². The third-order valence-corrected chi connectivity index (χ3v) is 6.66. The first kappa shape index (κ1) is 19.6. The highest BCUT2D eigenvalue weighted by Crippen LogP contribution is 2.22. The second-order valence-electron chi connectivity index (χ2n) is 6.60. The van der Waals surface area contributed by atoms with Crippen LogP contribution in [-0.4, -0.2) is 64.0 Å². The Kier molecular flexibility index (Phi) is 5.35. The predicted molar refractivity (Wildman–Crippen MR) is 99.5 cm³/mol. The van der Waals surface area contributed by atoms with Gasteiger partial charge in [-0.1, -0.05) is 18.2 Å². The highest BCUT2D eigenvalue weighted by atomic mass is 32.2. The quantitative estimate of drug-likeness (QED) is 0.621. The standard InChI is InChI=1S/C18H18F2N6O2S/c19-14-6-7-16(20)17(12-14)29(27,28)25-10-8-24(9-11-25)13-18-21-22-23-26(18)15-4-2-1-3-5-15/h1-7,12H,8-11,13H2. The number of hydrogen-bond acceptors (Lipinski definition) is 6. The number of halogens is 2. The Balaban J connectivity index is 1.44. The van der Waals surface area contributed by atoms with Gasteiger partial charge >= 0.3 is 0 Å². The van der Waals surface area contributed by atoms with Crippen LogP contribution in [-0.2, 0) is 16.6 Å². The lowest BCUT2D eigenvalue weighted by Gasteiger charge is -2.33. The molecule has 0 amide bonds. The Bertz CT molecular complexity index is 1100. The van der Waals surface area contributed by atoms with Crippen molar-refractivity contribution in [3.05, 3.63) is 66.0 Å². The van der Waals surface area contributed by atoms with Crippen LogP contribution in [0.2, 0.25) is 0 Å². The summed E-state index contributed by atoms with van der Waals surface area (Å²) in [6, 6.07) is 11.9. The molecule has 1 aromatic heterocycles. The molecule has 11 heteroatoms. The lowest BCUT2D eigenvalue weighted by molar-refractivity contribution is 0.176. The van der Waals surface area contributed by atoms with E-state index in [1.807, 2.05) is 35.2 Å². The third-order valence-electron chi connectivity index (χ3n) is 4.74. The minimum absolute atomic E-state index is 0.158. The average molecular weight is 420 g/mol. The molecule has 3 aromatic rings. The first-order chi connectivity index (χ1) is 13.9. The maximum atomic E-state index is 13.9. The second kappa shape index (κ2) is 7.93. The van der Waals surface area contributed by atoms with Gasteiger partial charge in [-0.3, -0.25) is 4.90 Å². The summed E-state index contributed by atoms with van der Waals surface area (Å²) in [5, 5.41) is 11.8. The highest BCUT2D eigenvalue weighted by molar-refractivity contribution is 7.89. The van der Waals surface area contributed by atoms with Gasteiger partial charge in [-0.25, -0.2) is 17.2 Å². The van der Waals surface area contributed by atoms with Gasteiger partial charge in [0.1, 0.15) is 16.5 Å². The van der Waals surface area contributed by atoms with Gasteiger partial charge in [-0.2, -0.15) is 8.99 Å². The van der Waals surface area contributed by atoms with Crippen LogP contribution in [0.5, 0.6) is 0 Å². The zero-order valence-corrected chi connectivity index (χ0v) is 16.1. The van der Waals surface area contributed by atoms with Gasteiger partial charge in [0.15, 0.2) is 5.82 Å². The van der Waals surface area contributed by atoms with Crippen LogP contribution in [0.3, 0.4) is 0 Å². The lowest BCUT2D eigenvalue weighted by atomic mass is 10.3. The second-order valence-corrected chi connectivity index (χ2v) is 8.50. The fraction of sp³-hybridized carbons (Fsp3) is 0.278. The van der Waals surface area contributed by atoms with Gasteiger partial charge in [0.25, 0.3) is 0 Å². The molecule has 2 heterocycles. The Hall–Kier alpha value is -2.76. The number of aromatic nitrogens is 4. The number of hydrogen-bond donors (Lipinski definition) is 0.